The minimum Gasteiger partial charge on any atom is -0.458 e. The number of hydrogen-bond acceptors (Lipinski definition) is 9. The van der Waals surface area contributed by atoms with E-state index in [1.807, 2.05) is 20.1 Å². The second-order valence-corrected chi connectivity index (χ2v) is 7.76. The van der Waals surface area contributed by atoms with Crippen LogP contribution in [0.3, 0.4) is 0 Å². The highest BCUT2D eigenvalue weighted by molar-refractivity contribution is 7.98. The van der Waals surface area contributed by atoms with Gasteiger partial charge in [0.15, 0.2) is 10.2 Å². The maximum absolute atomic E-state index is 12.1. The molecule has 0 aliphatic carbocycles. The zero-order valence-electron chi connectivity index (χ0n) is 15.5. The number of hydrogen-bond donors (Lipinski definition) is 0. The molecule has 0 fully saturated rings. The molecule has 3 aromatic heterocycles. The van der Waals surface area contributed by atoms with Crippen molar-refractivity contribution in [3.63, 3.8) is 0 Å². The van der Waals surface area contributed by atoms with E-state index in [4.69, 9.17) is 4.74 Å². The maximum Gasteiger partial charge on any atom is 0.306 e. The Labute approximate surface area is 164 Å². The summed E-state index contributed by atoms with van der Waals surface area (Å²) in [6.07, 6.45) is 2.68. The van der Waals surface area contributed by atoms with Gasteiger partial charge in [-0.15, -0.1) is 0 Å². The van der Waals surface area contributed by atoms with E-state index in [1.54, 1.807) is 6.92 Å². The number of thioether (sulfide) groups is 1. The van der Waals surface area contributed by atoms with Gasteiger partial charge in [0.25, 0.3) is 5.56 Å². The van der Waals surface area contributed by atoms with Crippen molar-refractivity contribution in [2.24, 2.45) is 0 Å². The zero-order valence-corrected chi connectivity index (χ0v) is 17.1. The Morgan fingerprint density at radius 2 is 1.93 bits per heavy atom. The van der Waals surface area contributed by atoms with E-state index in [9.17, 15) is 9.59 Å². The lowest BCUT2D eigenvalue weighted by molar-refractivity contribution is -0.144. The lowest BCUT2D eigenvalue weighted by Gasteiger charge is -2.09. The van der Waals surface area contributed by atoms with Gasteiger partial charge >= 0.3 is 5.97 Å². The van der Waals surface area contributed by atoms with E-state index in [0.717, 1.165) is 22.1 Å². The van der Waals surface area contributed by atoms with Gasteiger partial charge in [0.05, 0.1) is 0 Å². The van der Waals surface area contributed by atoms with Crippen molar-refractivity contribution in [2.75, 3.05) is 6.26 Å². The van der Waals surface area contributed by atoms with Crippen LogP contribution in [0, 0.1) is 20.8 Å². The first kappa shape index (κ1) is 19.4. The van der Waals surface area contributed by atoms with E-state index < -0.39 is 0 Å². The summed E-state index contributed by atoms with van der Waals surface area (Å²) in [6, 6.07) is 1.41. The summed E-state index contributed by atoms with van der Waals surface area (Å²) in [4.78, 5) is 37.5. The molecule has 0 aliphatic heterocycles. The summed E-state index contributed by atoms with van der Waals surface area (Å²) in [5, 5.41) is 5.41. The molecule has 27 heavy (non-hydrogen) atoms. The number of carbonyl (C=O) groups is 1. The number of fused-ring (bicyclic) bond motifs is 1. The van der Waals surface area contributed by atoms with Crippen LogP contribution in [0.4, 0.5) is 0 Å². The molecule has 0 saturated heterocycles. The number of aromatic nitrogens is 5. The molecular weight excluding hydrogens is 386 g/mol. The summed E-state index contributed by atoms with van der Waals surface area (Å²) in [5.41, 5.74) is 3.12. The minimum absolute atomic E-state index is 0.0191. The average molecular weight is 406 g/mol. The molecule has 0 spiro atoms. The average Bonchev–Trinajstić information content (AvgIpc) is 3.02. The Hall–Kier alpha value is -2.33. The zero-order chi connectivity index (χ0) is 19.6. The van der Waals surface area contributed by atoms with Gasteiger partial charge in [-0.25, -0.2) is 15.0 Å². The summed E-state index contributed by atoms with van der Waals surface area (Å²) in [7, 11) is 0. The van der Waals surface area contributed by atoms with Crippen LogP contribution >= 0.6 is 23.1 Å². The Bertz CT molecular complexity index is 1040. The van der Waals surface area contributed by atoms with Crippen LogP contribution in [0.15, 0.2) is 16.0 Å². The van der Waals surface area contributed by atoms with Gasteiger partial charge in [0.1, 0.15) is 6.61 Å². The maximum atomic E-state index is 12.1. The Balaban J connectivity index is 1.61. The van der Waals surface area contributed by atoms with Gasteiger partial charge in [-0.1, -0.05) is 23.1 Å². The molecule has 0 aliphatic rings. The molecule has 0 N–H and O–H groups in total. The topological polar surface area (TPSA) is 99.3 Å². The molecule has 0 radical (unpaired) electrons. The number of nitrogens with zero attached hydrogens (tertiary/aromatic N) is 5. The van der Waals surface area contributed by atoms with Crippen LogP contribution in [0.25, 0.3) is 4.96 Å². The van der Waals surface area contributed by atoms with Crippen LogP contribution in [0.1, 0.15) is 34.1 Å². The van der Waals surface area contributed by atoms with Crippen molar-refractivity contribution < 1.29 is 9.53 Å². The fraction of sp³-hybridized carbons (Fsp3) is 0.412. The second kappa shape index (κ2) is 8.13. The molecule has 0 bridgehead atoms. The molecule has 142 valence electrons. The minimum atomic E-state index is -0.335. The summed E-state index contributed by atoms with van der Waals surface area (Å²) >= 11 is 2.72. The molecule has 10 heteroatoms. The Morgan fingerprint density at radius 1 is 1.22 bits per heavy atom. The monoisotopic (exact) mass is 405 g/mol. The molecule has 3 aromatic rings. The molecule has 0 saturated carbocycles. The van der Waals surface area contributed by atoms with Crippen molar-refractivity contribution >= 4 is 34.0 Å². The summed E-state index contributed by atoms with van der Waals surface area (Å²) in [5.74, 6) is -0.335. The second-order valence-electron chi connectivity index (χ2n) is 5.95. The van der Waals surface area contributed by atoms with E-state index in [0.29, 0.717) is 22.1 Å². The number of esters is 1. The third-order valence-corrected chi connectivity index (χ3v) is 5.36. The van der Waals surface area contributed by atoms with Crippen molar-refractivity contribution in [3.8, 4) is 0 Å². The van der Waals surface area contributed by atoms with E-state index in [-0.39, 0.29) is 24.6 Å². The van der Waals surface area contributed by atoms with Gasteiger partial charge < -0.3 is 4.74 Å². The molecule has 3 heterocycles. The lowest BCUT2D eigenvalue weighted by atomic mass is 10.1. The van der Waals surface area contributed by atoms with Crippen molar-refractivity contribution in [3.05, 3.63) is 44.1 Å². The largest absolute Gasteiger partial charge is 0.458 e. The van der Waals surface area contributed by atoms with E-state index in [2.05, 4.69) is 20.1 Å². The van der Waals surface area contributed by atoms with Gasteiger partial charge in [0, 0.05) is 29.6 Å². The normalized spacial score (nSPS) is 11.1. The molecule has 8 nitrogen and oxygen atoms in total. The van der Waals surface area contributed by atoms with Crippen LogP contribution < -0.4 is 5.56 Å². The highest BCUT2D eigenvalue weighted by atomic mass is 32.2. The van der Waals surface area contributed by atoms with Crippen LogP contribution in [0.2, 0.25) is 0 Å². The predicted octanol–water partition coefficient (Wildman–Crippen LogP) is 2.26. The first-order valence-corrected chi connectivity index (χ1v) is 10.3. The lowest BCUT2D eigenvalue weighted by Crippen LogP contribution is -2.14. The Morgan fingerprint density at radius 3 is 2.59 bits per heavy atom. The number of ether oxygens (including phenoxy) is 1. The fourth-order valence-electron chi connectivity index (χ4n) is 2.62. The fourth-order valence-corrected chi connectivity index (χ4v) is 3.94. The Kier molecular flexibility index (Phi) is 5.85. The van der Waals surface area contributed by atoms with Crippen molar-refractivity contribution in [1.29, 1.82) is 0 Å². The van der Waals surface area contributed by atoms with Crippen LogP contribution in [-0.2, 0) is 22.6 Å². The smallest absolute Gasteiger partial charge is 0.306 e. The molecular formula is C17H19N5O3S2. The van der Waals surface area contributed by atoms with E-state index in [1.165, 1.54) is 33.7 Å². The predicted molar refractivity (Wildman–Crippen MR) is 103 cm³/mol. The van der Waals surface area contributed by atoms with Gasteiger partial charge in [-0.3, -0.25) is 9.59 Å². The first-order valence-electron chi connectivity index (χ1n) is 8.27. The molecule has 0 amide bonds. The SMILES string of the molecule is CSc1nc(C)c(CCC(=O)OCc2nn3c(=O)cc(C)nc3s2)c(C)n1. The van der Waals surface area contributed by atoms with E-state index >= 15 is 0 Å². The van der Waals surface area contributed by atoms with Crippen molar-refractivity contribution in [1.82, 2.24) is 24.6 Å². The molecule has 0 unspecified atom stereocenters. The highest BCUT2D eigenvalue weighted by Gasteiger charge is 2.13. The quantitative estimate of drug-likeness (QED) is 0.350. The van der Waals surface area contributed by atoms with Crippen LogP contribution in [-0.4, -0.2) is 36.8 Å². The standard InChI is InChI=1S/C17H19N5O3S2/c1-9-7-14(23)22-17(18-9)27-13(21-22)8-25-15(24)6-5-12-10(2)19-16(26-4)20-11(12)3/h7H,5-6,8H2,1-4H3. The first-order chi connectivity index (χ1) is 12.9. The molecule has 0 atom stereocenters. The van der Waals surface area contributed by atoms with Gasteiger partial charge in [-0.05, 0) is 39.0 Å². The third kappa shape index (κ3) is 4.51. The van der Waals surface area contributed by atoms with Crippen molar-refractivity contribution in [2.45, 2.75) is 45.4 Å². The molecule has 3 rings (SSSR count). The third-order valence-electron chi connectivity index (χ3n) is 3.93. The summed E-state index contributed by atoms with van der Waals surface area (Å²) < 4.78 is 6.52. The van der Waals surface area contributed by atoms with Gasteiger partial charge in [-0.2, -0.15) is 9.61 Å². The number of rotatable bonds is 6. The number of aryl methyl sites for hydroxylation is 3. The molecule has 0 aromatic carbocycles. The van der Waals surface area contributed by atoms with Gasteiger partial charge in [0.2, 0.25) is 4.96 Å². The van der Waals surface area contributed by atoms with Crippen LogP contribution in [0.5, 0.6) is 0 Å². The summed E-state index contributed by atoms with van der Waals surface area (Å²) in [6.45, 7) is 5.61. The number of carbonyl (C=O) groups excluding carboxylic acids is 1. The highest BCUT2D eigenvalue weighted by Crippen LogP contribution is 2.18.